The van der Waals surface area contributed by atoms with Crippen LogP contribution in [0.3, 0.4) is 0 Å². The summed E-state index contributed by atoms with van der Waals surface area (Å²) in [6, 6.07) is 224. The lowest BCUT2D eigenvalue weighted by Crippen LogP contribution is -2.74. The SMILES string of the molecule is c1ccc(-n2c3ccccc3c3c(-c4ccc(-c5ccc(N(c6ccc(-c7cccc8ccccc78)cc6)c6ccc([Si](c7ccccc7)(c7ccccc7)c7ccccc7)cc6)cc5)c5ccccc45)cccc32)cc1.c1ccc(-n2c3ccccc3c3c(-c4ccc5cc(N(c6ccc(-c7cccc8ccccc78)cc6)c6ccc([Si](c7ccccc7)(c7ccccc7)c7ccccc7)cc6)ccc5c4)cccc32)cc1. The van der Waals surface area contributed by atoms with Crippen molar-refractivity contribution in [2.24, 2.45) is 0 Å². The van der Waals surface area contributed by atoms with Crippen LogP contribution >= 0.6 is 0 Å². The van der Waals surface area contributed by atoms with E-state index in [4.69, 9.17) is 0 Å². The van der Waals surface area contributed by atoms with Crippen LogP contribution in [0.25, 0.3) is 154 Å². The van der Waals surface area contributed by atoms with E-state index in [1.165, 1.54) is 184 Å². The monoisotopic (exact) mass is 1920 g/mol. The van der Waals surface area contributed by atoms with Crippen molar-refractivity contribution in [2.75, 3.05) is 9.80 Å². The lowest BCUT2D eigenvalue weighted by Gasteiger charge is -2.35. The van der Waals surface area contributed by atoms with E-state index < -0.39 is 16.1 Å². The van der Waals surface area contributed by atoms with Gasteiger partial charge in [0.1, 0.15) is 0 Å². The fraction of sp³-hybridized carbons (Fsp3) is 0. The fourth-order valence-corrected chi connectivity index (χ4v) is 33.1. The first kappa shape index (κ1) is 89.3. The van der Waals surface area contributed by atoms with E-state index in [-0.39, 0.29) is 0 Å². The van der Waals surface area contributed by atoms with E-state index >= 15 is 0 Å². The molecule has 0 aliphatic heterocycles. The van der Waals surface area contributed by atoms with Gasteiger partial charge in [-0.05, 0) is 268 Å². The van der Waals surface area contributed by atoms with E-state index in [9.17, 15) is 0 Å². The molecule has 0 aliphatic carbocycles. The third-order valence-electron chi connectivity index (χ3n) is 30.3. The number of rotatable bonds is 21. The summed E-state index contributed by atoms with van der Waals surface area (Å²) in [5, 5.41) is 25.7. The highest BCUT2D eigenvalue weighted by molar-refractivity contribution is 7.20. The minimum Gasteiger partial charge on any atom is -0.311 e. The number of nitrogens with zero attached hydrogens (tertiary/aromatic N) is 4. The van der Waals surface area contributed by atoms with Crippen LogP contribution in [0.2, 0.25) is 0 Å². The van der Waals surface area contributed by atoms with Crippen molar-refractivity contribution in [2.45, 2.75) is 0 Å². The summed E-state index contributed by atoms with van der Waals surface area (Å²) >= 11 is 0. The molecule has 0 bridgehead atoms. The highest BCUT2D eigenvalue weighted by atomic mass is 28.3. The number of anilines is 6. The molecular formula is C142H100N4Si2. The van der Waals surface area contributed by atoms with Crippen LogP contribution in [-0.2, 0) is 0 Å². The maximum atomic E-state index is 2.42. The number of benzene rings is 25. The molecule has 6 heteroatoms. The Balaban J connectivity index is 0.000000150. The molecule has 0 N–H and O–H groups in total. The number of para-hydroxylation sites is 4. The summed E-state index contributed by atoms with van der Waals surface area (Å²) < 4.78 is 4.79. The Labute approximate surface area is 864 Å². The quantitative estimate of drug-likeness (QED) is 0.0527. The molecule has 0 radical (unpaired) electrons. The lowest BCUT2D eigenvalue weighted by molar-refractivity contribution is 1.18. The largest absolute Gasteiger partial charge is 0.311 e. The summed E-state index contributed by atoms with van der Waals surface area (Å²) in [6.07, 6.45) is 0. The Hall–Kier alpha value is -18.8. The van der Waals surface area contributed by atoms with Crippen molar-refractivity contribution in [3.63, 3.8) is 0 Å². The minimum atomic E-state index is -2.74. The van der Waals surface area contributed by atoms with Gasteiger partial charge in [0, 0.05) is 67.0 Å². The smallest absolute Gasteiger partial charge is 0.179 e. The van der Waals surface area contributed by atoms with Crippen molar-refractivity contribution < 1.29 is 0 Å². The van der Waals surface area contributed by atoms with Crippen LogP contribution in [0.1, 0.15) is 0 Å². The number of hydrogen-bond acceptors (Lipinski definition) is 2. The van der Waals surface area contributed by atoms with Gasteiger partial charge in [0.2, 0.25) is 0 Å². The Morgan fingerprint density at radius 2 is 0.385 bits per heavy atom. The second-order valence-corrected chi connectivity index (χ2v) is 46.0. The van der Waals surface area contributed by atoms with Gasteiger partial charge in [-0.2, -0.15) is 0 Å². The molecule has 148 heavy (non-hydrogen) atoms. The predicted octanol–water partition coefficient (Wildman–Crippen LogP) is 32.2. The van der Waals surface area contributed by atoms with Gasteiger partial charge in [0.15, 0.2) is 16.1 Å². The van der Waals surface area contributed by atoms with Gasteiger partial charge < -0.3 is 18.9 Å². The van der Waals surface area contributed by atoms with E-state index in [0.717, 1.165) is 45.5 Å². The zero-order valence-electron chi connectivity index (χ0n) is 81.5. The van der Waals surface area contributed by atoms with Crippen LogP contribution in [-0.4, -0.2) is 25.3 Å². The van der Waals surface area contributed by atoms with E-state index in [0.29, 0.717) is 0 Å². The zero-order chi connectivity index (χ0) is 98.3. The van der Waals surface area contributed by atoms with Crippen molar-refractivity contribution in [1.29, 1.82) is 0 Å². The first-order chi connectivity index (χ1) is 73.4. The third-order valence-corrected chi connectivity index (χ3v) is 39.9. The Bertz CT molecular complexity index is 9320. The average Bonchev–Trinajstić information content (AvgIpc) is 1.32. The molecule has 4 nitrogen and oxygen atoms in total. The number of hydrogen-bond donors (Lipinski definition) is 0. The van der Waals surface area contributed by atoms with Gasteiger partial charge in [0.05, 0.1) is 22.1 Å². The summed E-state index contributed by atoms with van der Waals surface area (Å²) in [6.45, 7) is 0. The molecule has 696 valence electrons. The highest BCUT2D eigenvalue weighted by Gasteiger charge is 2.43. The molecule has 25 aromatic carbocycles. The maximum absolute atomic E-state index is 2.74. The Morgan fingerprint density at radius 3 is 0.784 bits per heavy atom. The van der Waals surface area contributed by atoms with Crippen molar-refractivity contribution in [3.8, 4) is 67.0 Å². The molecule has 0 atom stereocenters. The fourth-order valence-electron chi connectivity index (χ4n) is 23.6. The van der Waals surface area contributed by atoms with Crippen LogP contribution < -0.4 is 51.3 Å². The van der Waals surface area contributed by atoms with Gasteiger partial charge in [0.25, 0.3) is 0 Å². The van der Waals surface area contributed by atoms with Crippen molar-refractivity contribution >= 4 is 178 Å². The van der Waals surface area contributed by atoms with Crippen LogP contribution in [0.5, 0.6) is 0 Å². The molecule has 0 saturated carbocycles. The Morgan fingerprint density at radius 1 is 0.135 bits per heavy atom. The van der Waals surface area contributed by atoms with Crippen LogP contribution in [0.15, 0.2) is 607 Å². The molecule has 27 aromatic rings. The van der Waals surface area contributed by atoms with E-state index in [1.54, 1.807) is 0 Å². The first-order valence-electron chi connectivity index (χ1n) is 51.1. The molecule has 2 aromatic heterocycles. The van der Waals surface area contributed by atoms with Crippen LogP contribution in [0.4, 0.5) is 34.1 Å². The highest BCUT2D eigenvalue weighted by Crippen LogP contribution is 2.47. The Kier molecular flexibility index (Phi) is 23.4. The lowest BCUT2D eigenvalue weighted by atomic mass is 9.90. The van der Waals surface area contributed by atoms with Gasteiger partial charge >= 0.3 is 0 Å². The van der Waals surface area contributed by atoms with Gasteiger partial charge in [-0.15, -0.1) is 0 Å². The summed E-state index contributed by atoms with van der Waals surface area (Å²) in [4.78, 5) is 4.82. The molecule has 2 heterocycles. The second kappa shape index (κ2) is 38.8. The summed E-state index contributed by atoms with van der Waals surface area (Å²) in [5.74, 6) is 0. The normalized spacial score (nSPS) is 11.6. The third kappa shape index (κ3) is 15.9. The molecular weight excluding hydrogens is 1820 g/mol. The van der Waals surface area contributed by atoms with Crippen LogP contribution in [0, 0.1) is 0 Å². The molecule has 0 amide bonds. The standard InChI is InChI=1S/C74H52N2Si.C68H48N2Si/c1-5-23-56(24-6-1)76-72-37-18-17-34-71(72)74-70(36-20-38-73(74)76)69-52-51-66(67-32-15-16-33-68(67)69)55-41-45-58(46-42-55)75(57-43-39-54(40-44-57)65-35-19-22-53-21-13-14-31-64(53)65)59-47-49-63(50-48-59)77(60-25-7-2-8-26-60,61-27-9-3-10-28-61)62-29-11-4-12-30-62;1-5-21-54(22-6-1)70-66-33-16-15-30-65(66)68-64(32-18-34-67(68)70)53-36-35-52-48-57(42-39-51(52)47-53)69(55-40-37-50(38-41-55)63-31-17-20-49-19-13-14-29-62(49)63)56-43-45-61(46-44-56)71(58-23-7-2-8-24-58,59-25-9-3-10-26-59)60-27-11-4-12-28-60/h1-52H;1-48H. The van der Waals surface area contributed by atoms with E-state index in [2.05, 4.69) is 626 Å². The second-order valence-electron chi connectivity index (χ2n) is 38.4. The molecule has 0 spiro atoms. The average molecular weight is 1920 g/mol. The van der Waals surface area contributed by atoms with Crippen molar-refractivity contribution in [1.82, 2.24) is 9.13 Å². The van der Waals surface area contributed by atoms with Gasteiger partial charge in [-0.25, -0.2) is 0 Å². The maximum Gasteiger partial charge on any atom is 0.179 e. The first-order valence-corrected chi connectivity index (χ1v) is 55.1. The topological polar surface area (TPSA) is 16.3 Å². The van der Waals surface area contributed by atoms with Gasteiger partial charge in [-0.3, -0.25) is 0 Å². The summed E-state index contributed by atoms with van der Waals surface area (Å²) in [5.41, 5.74) is 25.8. The molecule has 0 saturated heterocycles. The predicted molar refractivity (Wildman–Crippen MR) is 635 cm³/mol. The molecule has 0 aliphatic rings. The van der Waals surface area contributed by atoms with Crippen molar-refractivity contribution in [3.05, 3.63) is 607 Å². The number of fused-ring (bicyclic) bond motifs is 10. The van der Waals surface area contributed by atoms with E-state index in [1.807, 2.05) is 0 Å². The molecule has 0 fully saturated rings. The zero-order valence-corrected chi connectivity index (χ0v) is 83.5. The van der Waals surface area contributed by atoms with Gasteiger partial charge in [-0.1, -0.05) is 479 Å². The summed E-state index contributed by atoms with van der Waals surface area (Å²) in [7, 11) is -5.46. The molecule has 27 rings (SSSR count). The minimum absolute atomic E-state index is 1.08. The number of aromatic nitrogens is 2. The molecule has 0 unspecified atom stereocenters.